The summed E-state index contributed by atoms with van der Waals surface area (Å²) < 4.78 is 15.8. The number of benzene rings is 2. The molecule has 0 bridgehead atoms. The average molecular weight is 366 g/mol. The van der Waals surface area contributed by atoms with Crippen LogP contribution in [0.5, 0.6) is 17.2 Å². The van der Waals surface area contributed by atoms with Crippen molar-refractivity contribution in [1.29, 1.82) is 0 Å². The van der Waals surface area contributed by atoms with Gasteiger partial charge in [-0.05, 0) is 35.9 Å². The van der Waals surface area contributed by atoms with Gasteiger partial charge in [0.2, 0.25) is 6.79 Å². The maximum atomic E-state index is 12.9. The van der Waals surface area contributed by atoms with Crippen molar-refractivity contribution in [3.63, 3.8) is 0 Å². The predicted molar refractivity (Wildman–Crippen MR) is 94.6 cm³/mol. The van der Waals surface area contributed by atoms with Crippen LogP contribution in [0.4, 0.5) is 10.5 Å². The number of para-hydroxylation sites is 2. The first-order chi connectivity index (χ1) is 13.1. The average Bonchev–Trinajstić information content (AvgIpc) is 3.13. The molecule has 1 fully saturated rings. The zero-order valence-corrected chi connectivity index (χ0v) is 14.2. The second-order valence-corrected chi connectivity index (χ2v) is 5.74. The fourth-order valence-corrected chi connectivity index (χ4v) is 2.86. The van der Waals surface area contributed by atoms with Crippen LogP contribution in [-0.2, 0) is 9.59 Å². The molecule has 2 aromatic rings. The van der Waals surface area contributed by atoms with Crippen LogP contribution in [0.15, 0.2) is 48.0 Å². The van der Waals surface area contributed by atoms with Gasteiger partial charge in [0, 0.05) is 0 Å². The van der Waals surface area contributed by atoms with Crippen LogP contribution in [0.25, 0.3) is 6.08 Å². The molecule has 2 aromatic carbocycles. The number of nitrogens with zero attached hydrogens (tertiary/aromatic N) is 1. The molecule has 0 spiro atoms. The number of ether oxygens (including phenoxy) is 3. The highest BCUT2D eigenvalue weighted by atomic mass is 16.7. The molecule has 0 aliphatic carbocycles. The van der Waals surface area contributed by atoms with Crippen molar-refractivity contribution in [2.45, 2.75) is 0 Å². The summed E-state index contributed by atoms with van der Waals surface area (Å²) in [5.41, 5.74) is 0.623. The van der Waals surface area contributed by atoms with Gasteiger partial charge in [-0.1, -0.05) is 18.2 Å². The van der Waals surface area contributed by atoms with E-state index in [9.17, 15) is 14.4 Å². The van der Waals surface area contributed by atoms with E-state index in [4.69, 9.17) is 14.2 Å². The first kappa shape index (κ1) is 16.6. The van der Waals surface area contributed by atoms with Crippen LogP contribution in [0.3, 0.4) is 0 Å². The first-order valence-corrected chi connectivity index (χ1v) is 8.02. The van der Waals surface area contributed by atoms with Gasteiger partial charge in [0.1, 0.15) is 11.3 Å². The zero-order chi connectivity index (χ0) is 19.0. The molecule has 0 unspecified atom stereocenters. The monoisotopic (exact) mass is 366 g/mol. The summed E-state index contributed by atoms with van der Waals surface area (Å²) in [4.78, 5) is 38.3. The number of carbonyl (C=O) groups is 3. The molecule has 2 heterocycles. The second kappa shape index (κ2) is 6.49. The molecular weight excluding hydrogens is 352 g/mol. The normalized spacial score (nSPS) is 17.3. The van der Waals surface area contributed by atoms with Gasteiger partial charge in [0.05, 0.1) is 12.8 Å². The SMILES string of the molecule is COc1ccccc1N1C(=O)NC(=O)/C(=C\c2ccc3c(c2)OCO3)C1=O. The number of carbonyl (C=O) groups excluding carboxylic acids is 3. The Kier molecular flexibility index (Phi) is 4.00. The lowest BCUT2D eigenvalue weighted by atomic mass is 10.1. The zero-order valence-electron chi connectivity index (χ0n) is 14.2. The second-order valence-electron chi connectivity index (χ2n) is 5.74. The standard InChI is InChI=1S/C19H14N2O6/c1-25-14-5-3-2-4-13(14)21-18(23)12(17(22)20-19(21)24)8-11-6-7-15-16(9-11)27-10-26-15/h2-9H,10H2,1H3,(H,20,22,24)/b12-8+. The van der Waals surface area contributed by atoms with E-state index in [2.05, 4.69) is 5.32 Å². The Balaban J connectivity index is 1.74. The topological polar surface area (TPSA) is 94.2 Å². The number of hydrogen-bond donors (Lipinski definition) is 1. The lowest BCUT2D eigenvalue weighted by Gasteiger charge is -2.27. The summed E-state index contributed by atoms with van der Waals surface area (Å²) >= 11 is 0. The van der Waals surface area contributed by atoms with E-state index in [0.29, 0.717) is 22.8 Å². The minimum absolute atomic E-state index is 0.116. The number of barbiturate groups is 1. The molecule has 27 heavy (non-hydrogen) atoms. The molecule has 8 nitrogen and oxygen atoms in total. The summed E-state index contributed by atoms with van der Waals surface area (Å²) in [5.74, 6) is -0.0782. The van der Waals surface area contributed by atoms with Crippen molar-refractivity contribution in [2.24, 2.45) is 0 Å². The van der Waals surface area contributed by atoms with Crippen LogP contribution in [-0.4, -0.2) is 31.7 Å². The molecule has 1 N–H and O–H groups in total. The molecule has 0 saturated carbocycles. The minimum Gasteiger partial charge on any atom is -0.495 e. The van der Waals surface area contributed by atoms with E-state index in [1.165, 1.54) is 13.2 Å². The van der Waals surface area contributed by atoms with Gasteiger partial charge in [-0.3, -0.25) is 14.9 Å². The quantitative estimate of drug-likeness (QED) is 0.660. The Morgan fingerprint density at radius 1 is 1.07 bits per heavy atom. The van der Waals surface area contributed by atoms with Crippen molar-refractivity contribution in [1.82, 2.24) is 5.32 Å². The van der Waals surface area contributed by atoms with E-state index in [-0.39, 0.29) is 18.1 Å². The summed E-state index contributed by atoms with van der Waals surface area (Å²) in [5, 5.41) is 2.18. The molecule has 0 atom stereocenters. The van der Waals surface area contributed by atoms with E-state index in [1.54, 1.807) is 42.5 Å². The van der Waals surface area contributed by atoms with Crippen molar-refractivity contribution in [3.05, 3.63) is 53.6 Å². The van der Waals surface area contributed by atoms with Gasteiger partial charge in [-0.2, -0.15) is 0 Å². The first-order valence-electron chi connectivity index (χ1n) is 8.02. The molecule has 0 radical (unpaired) electrons. The highest BCUT2D eigenvalue weighted by Gasteiger charge is 2.38. The van der Waals surface area contributed by atoms with Crippen LogP contribution in [0.1, 0.15) is 5.56 Å². The summed E-state index contributed by atoms with van der Waals surface area (Å²) in [6.07, 6.45) is 1.40. The third-order valence-electron chi connectivity index (χ3n) is 4.14. The number of rotatable bonds is 3. The molecule has 2 aliphatic heterocycles. The largest absolute Gasteiger partial charge is 0.495 e. The lowest BCUT2D eigenvalue weighted by molar-refractivity contribution is -0.122. The van der Waals surface area contributed by atoms with Gasteiger partial charge >= 0.3 is 6.03 Å². The van der Waals surface area contributed by atoms with Gasteiger partial charge in [-0.25, -0.2) is 9.69 Å². The van der Waals surface area contributed by atoms with Gasteiger partial charge in [-0.15, -0.1) is 0 Å². The maximum Gasteiger partial charge on any atom is 0.336 e. The van der Waals surface area contributed by atoms with Crippen LogP contribution in [0.2, 0.25) is 0 Å². The maximum absolute atomic E-state index is 12.9. The van der Waals surface area contributed by atoms with Crippen LogP contribution < -0.4 is 24.4 Å². The van der Waals surface area contributed by atoms with Crippen LogP contribution in [0, 0.1) is 0 Å². The summed E-state index contributed by atoms with van der Waals surface area (Å²) in [6.45, 7) is 0.116. The third-order valence-corrected chi connectivity index (χ3v) is 4.14. The number of methoxy groups -OCH3 is 1. The summed E-state index contributed by atoms with van der Waals surface area (Å²) in [7, 11) is 1.43. The summed E-state index contributed by atoms with van der Waals surface area (Å²) in [6, 6.07) is 10.7. The number of amides is 4. The predicted octanol–water partition coefficient (Wildman–Crippen LogP) is 2.09. The van der Waals surface area contributed by atoms with Crippen LogP contribution >= 0.6 is 0 Å². The van der Waals surface area contributed by atoms with Gasteiger partial charge in [0.25, 0.3) is 11.8 Å². The molecule has 4 rings (SSSR count). The molecule has 136 valence electrons. The lowest BCUT2D eigenvalue weighted by Crippen LogP contribution is -2.54. The highest BCUT2D eigenvalue weighted by molar-refractivity contribution is 6.39. The molecule has 0 aromatic heterocycles. The van der Waals surface area contributed by atoms with Crippen molar-refractivity contribution < 1.29 is 28.6 Å². The molecule has 8 heteroatoms. The number of imide groups is 2. The van der Waals surface area contributed by atoms with Gasteiger partial charge < -0.3 is 14.2 Å². The van der Waals surface area contributed by atoms with Crippen molar-refractivity contribution in [2.75, 3.05) is 18.8 Å². The fourth-order valence-electron chi connectivity index (χ4n) is 2.86. The molecule has 4 amide bonds. The number of hydrogen-bond acceptors (Lipinski definition) is 6. The molecule has 1 saturated heterocycles. The van der Waals surface area contributed by atoms with E-state index < -0.39 is 17.8 Å². The Morgan fingerprint density at radius 2 is 1.85 bits per heavy atom. The smallest absolute Gasteiger partial charge is 0.336 e. The van der Waals surface area contributed by atoms with Crippen molar-refractivity contribution >= 4 is 29.6 Å². The number of urea groups is 1. The number of fused-ring (bicyclic) bond motifs is 1. The minimum atomic E-state index is -0.836. The number of nitrogens with one attached hydrogen (secondary N) is 1. The Morgan fingerprint density at radius 3 is 2.67 bits per heavy atom. The third kappa shape index (κ3) is 2.86. The van der Waals surface area contributed by atoms with E-state index in [1.807, 2.05) is 0 Å². The Bertz CT molecular complexity index is 997. The molecule has 2 aliphatic rings. The number of anilines is 1. The van der Waals surface area contributed by atoms with Crippen molar-refractivity contribution in [3.8, 4) is 17.2 Å². The van der Waals surface area contributed by atoms with E-state index >= 15 is 0 Å². The Labute approximate surface area is 153 Å². The van der Waals surface area contributed by atoms with E-state index in [0.717, 1.165) is 4.90 Å². The molecular formula is C19H14N2O6. The highest BCUT2D eigenvalue weighted by Crippen LogP contribution is 2.34. The fraction of sp³-hybridized carbons (Fsp3) is 0.105. The Hall–Kier alpha value is -3.81. The van der Waals surface area contributed by atoms with Gasteiger partial charge in [0.15, 0.2) is 11.5 Å².